The number of rotatable bonds is 5. The molecule has 0 fully saturated rings. The number of carboxylic acid groups (broad SMARTS) is 1. The molecule has 94 valence electrons. The second-order valence-electron chi connectivity index (χ2n) is 3.69. The molecule has 1 aromatic carbocycles. The lowest BCUT2D eigenvalue weighted by Crippen LogP contribution is -2.28. The third kappa shape index (κ3) is 3.92. The molecule has 5 nitrogen and oxygen atoms in total. The van der Waals surface area contributed by atoms with Crippen LogP contribution in [-0.4, -0.2) is 30.1 Å². The maximum absolute atomic E-state index is 11.5. The number of terminal acetylenes is 1. The second kappa shape index (κ2) is 6.42. The van der Waals surface area contributed by atoms with E-state index in [0.29, 0.717) is 17.8 Å². The van der Waals surface area contributed by atoms with E-state index in [1.807, 2.05) is 0 Å². The van der Waals surface area contributed by atoms with Gasteiger partial charge in [0.25, 0.3) is 0 Å². The summed E-state index contributed by atoms with van der Waals surface area (Å²) in [5, 5.41) is 14.2. The van der Waals surface area contributed by atoms with Crippen LogP contribution < -0.4 is 10.6 Å². The summed E-state index contributed by atoms with van der Waals surface area (Å²) in [5.74, 6) is 1.14. The molecular formula is C13H14N2O3. The van der Waals surface area contributed by atoms with Crippen LogP contribution in [-0.2, 0) is 4.79 Å². The highest BCUT2D eigenvalue weighted by atomic mass is 16.4. The normalized spacial score (nSPS) is 9.56. The molecular weight excluding hydrogens is 232 g/mol. The quantitative estimate of drug-likeness (QED) is 0.531. The number of aryl methyl sites for hydroxylation is 1. The van der Waals surface area contributed by atoms with Gasteiger partial charge < -0.3 is 10.4 Å². The van der Waals surface area contributed by atoms with Crippen LogP contribution in [0, 0.1) is 19.3 Å². The van der Waals surface area contributed by atoms with Crippen molar-refractivity contribution < 1.29 is 14.7 Å². The number of carbonyl (C=O) groups is 2. The number of nitrogens with one attached hydrogen (secondary N) is 2. The molecule has 0 aliphatic heterocycles. The van der Waals surface area contributed by atoms with Crippen molar-refractivity contribution in [2.75, 3.05) is 18.4 Å². The van der Waals surface area contributed by atoms with Gasteiger partial charge in [0.1, 0.15) is 0 Å². The van der Waals surface area contributed by atoms with Crippen molar-refractivity contribution in [2.45, 2.75) is 6.92 Å². The Morgan fingerprint density at radius 1 is 1.44 bits per heavy atom. The zero-order valence-electron chi connectivity index (χ0n) is 9.99. The predicted molar refractivity (Wildman–Crippen MR) is 68.5 cm³/mol. The Balaban J connectivity index is 2.65. The lowest BCUT2D eigenvalue weighted by atomic mass is 10.1. The molecule has 0 unspecified atom stereocenters. The largest absolute Gasteiger partial charge is 0.478 e. The van der Waals surface area contributed by atoms with Crippen LogP contribution >= 0.6 is 0 Å². The number of amides is 1. The SMILES string of the molecule is C#CCNCC(=O)Nc1ccc(C(=O)O)cc1C. The standard InChI is InChI=1S/C13H14N2O3/c1-3-6-14-8-12(16)15-11-5-4-10(13(17)18)7-9(11)2/h1,4-5,7,14H,6,8H2,2H3,(H,15,16)(H,17,18). The highest BCUT2D eigenvalue weighted by molar-refractivity contribution is 5.94. The van der Waals surface area contributed by atoms with Gasteiger partial charge in [0.05, 0.1) is 18.7 Å². The molecule has 0 heterocycles. The Morgan fingerprint density at radius 2 is 2.17 bits per heavy atom. The minimum atomic E-state index is -0.994. The van der Waals surface area contributed by atoms with E-state index in [0.717, 1.165) is 0 Å². The van der Waals surface area contributed by atoms with E-state index in [4.69, 9.17) is 11.5 Å². The molecule has 1 aromatic rings. The van der Waals surface area contributed by atoms with Gasteiger partial charge in [-0.25, -0.2) is 4.79 Å². The third-order valence-electron chi connectivity index (χ3n) is 2.26. The van der Waals surface area contributed by atoms with Gasteiger partial charge in [0.15, 0.2) is 0 Å². The fourth-order valence-electron chi connectivity index (χ4n) is 1.38. The Kier molecular flexibility index (Phi) is 4.90. The first kappa shape index (κ1) is 13.7. The summed E-state index contributed by atoms with van der Waals surface area (Å²) in [6.07, 6.45) is 5.04. The molecule has 0 saturated carbocycles. The summed E-state index contributed by atoms with van der Waals surface area (Å²) in [4.78, 5) is 22.2. The van der Waals surface area contributed by atoms with Crippen molar-refractivity contribution >= 4 is 17.6 Å². The van der Waals surface area contributed by atoms with Gasteiger partial charge in [0, 0.05) is 5.69 Å². The van der Waals surface area contributed by atoms with Crippen LogP contribution in [0.3, 0.4) is 0 Å². The maximum Gasteiger partial charge on any atom is 0.335 e. The summed E-state index contributed by atoms with van der Waals surface area (Å²) in [6, 6.07) is 4.52. The Bertz CT molecular complexity index is 503. The highest BCUT2D eigenvalue weighted by Gasteiger charge is 2.07. The van der Waals surface area contributed by atoms with Gasteiger partial charge in [-0.3, -0.25) is 10.1 Å². The molecule has 5 heteroatoms. The summed E-state index contributed by atoms with van der Waals surface area (Å²) in [6.45, 7) is 2.17. The van der Waals surface area contributed by atoms with Crippen molar-refractivity contribution in [3.63, 3.8) is 0 Å². The summed E-state index contributed by atoms with van der Waals surface area (Å²) in [7, 11) is 0. The molecule has 0 radical (unpaired) electrons. The first-order chi connectivity index (χ1) is 8.54. The van der Waals surface area contributed by atoms with Crippen LogP contribution in [0.4, 0.5) is 5.69 Å². The summed E-state index contributed by atoms with van der Waals surface area (Å²) in [5.41, 5.74) is 1.48. The third-order valence-corrected chi connectivity index (χ3v) is 2.26. The lowest BCUT2D eigenvalue weighted by Gasteiger charge is -2.09. The zero-order valence-corrected chi connectivity index (χ0v) is 9.99. The fraction of sp³-hybridized carbons (Fsp3) is 0.231. The minimum Gasteiger partial charge on any atom is -0.478 e. The number of aromatic carboxylic acids is 1. The summed E-state index contributed by atoms with van der Waals surface area (Å²) < 4.78 is 0. The van der Waals surface area contributed by atoms with E-state index >= 15 is 0 Å². The van der Waals surface area contributed by atoms with Gasteiger partial charge >= 0.3 is 5.97 Å². The average Bonchev–Trinajstić information content (AvgIpc) is 2.32. The van der Waals surface area contributed by atoms with Crippen molar-refractivity contribution in [1.29, 1.82) is 0 Å². The molecule has 1 amide bonds. The molecule has 0 bridgehead atoms. The molecule has 0 saturated heterocycles. The molecule has 0 atom stereocenters. The monoisotopic (exact) mass is 246 g/mol. The van der Waals surface area contributed by atoms with Crippen molar-refractivity contribution in [2.24, 2.45) is 0 Å². The van der Waals surface area contributed by atoms with Crippen LogP contribution in [0.15, 0.2) is 18.2 Å². The maximum atomic E-state index is 11.5. The van der Waals surface area contributed by atoms with Crippen LogP contribution in [0.25, 0.3) is 0 Å². The van der Waals surface area contributed by atoms with Crippen molar-refractivity contribution in [3.05, 3.63) is 29.3 Å². The Morgan fingerprint density at radius 3 is 2.72 bits per heavy atom. The van der Waals surface area contributed by atoms with Crippen LogP contribution in [0.1, 0.15) is 15.9 Å². The van der Waals surface area contributed by atoms with Gasteiger partial charge in [-0.05, 0) is 30.7 Å². The highest BCUT2D eigenvalue weighted by Crippen LogP contribution is 2.16. The van der Waals surface area contributed by atoms with Crippen molar-refractivity contribution in [3.8, 4) is 12.3 Å². The van der Waals surface area contributed by atoms with Gasteiger partial charge in [-0.15, -0.1) is 6.42 Å². The van der Waals surface area contributed by atoms with E-state index < -0.39 is 5.97 Å². The second-order valence-corrected chi connectivity index (χ2v) is 3.69. The molecule has 3 N–H and O–H groups in total. The van der Waals surface area contributed by atoms with Crippen molar-refractivity contribution in [1.82, 2.24) is 5.32 Å². The lowest BCUT2D eigenvalue weighted by molar-refractivity contribution is -0.115. The van der Waals surface area contributed by atoms with Crippen LogP contribution in [0.2, 0.25) is 0 Å². The van der Waals surface area contributed by atoms with E-state index in [1.165, 1.54) is 12.1 Å². The average molecular weight is 246 g/mol. The zero-order chi connectivity index (χ0) is 13.5. The molecule has 18 heavy (non-hydrogen) atoms. The number of carbonyl (C=O) groups excluding carboxylic acids is 1. The fourth-order valence-corrected chi connectivity index (χ4v) is 1.38. The van der Waals surface area contributed by atoms with Gasteiger partial charge in [0.2, 0.25) is 5.91 Å². The smallest absolute Gasteiger partial charge is 0.335 e. The molecule has 0 aliphatic carbocycles. The Labute approximate surface area is 105 Å². The number of anilines is 1. The van der Waals surface area contributed by atoms with Gasteiger partial charge in [-0.2, -0.15) is 0 Å². The number of carboxylic acids is 1. The number of hydrogen-bond donors (Lipinski definition) is 3. The van der Waals surface area contributed by atoms with Gasteiger partial charge in [-0.1, -0.05) is 5.92 Å². The first-order valence-corrected chi connectivity index (χ1v) is 5.32. The van der Waals surface area contributed by atoms with E-state index in [9.17, 15) is 9.59 Å². The van der Waals surface area contributed by atoms with E-state index in [-0.39, 0.29) is 18.0 Å². The Hall–Kier alpha value is -2.32. The van der Waals surface area contributed by atoms with E-state index in [1.54, 1.807) is 13.0 Å². The summed E-state index contributed by atoms with van der Waals surface area (Å²) >= 11 is 0. The number of hydrogen-bond acceptors (Lipinski definition) is 3. The van der Waals surface area contributed by atoms with Crippen LogP contribution in [0.5, 0.6) is 0 Å². The minimum absolute atomic E-state index is 0.115. The molecule has 0 aliphatic rings. The first-order valence-electron chi connectivity index (χ1n) is 5.32. The topological polar surface area (TPSA) is 78.4 Å². The molecule has 0 aromatic heterocycles. The predicted octanol–water partition coefficient (Wildman–Crippen LogP) is 0.855. The number of benzene rings is 1. The van der Waals surface area contributed by atoms with E-state index in [2.05, 4.69) is 16.6 Å². The molecule has 0 spiro atoms. The molecule has 1 rings (SSSR count).